The maximum Gasteiger partial charge on any atom is 0.319 e. The standard InChI is InChI=1S/C18H22N2O2/c1-13-9-14(2)11-16(10-13)20-18(21)19-8-7-15-5-4-6-17(12-15)22-3/h4-6,9-12H,7-8H2,1-3H3,(H2,19,20,21). The Labute approximate surface area is 131 Å². The number of carbonyl (C=O) groups excluding carboxylic acids is 1. The fourth-order valence-electron chi connectivity index (χ4n) is 2.37. The molecule has 2 rings (SSSR count). The van der Waals surface area contributed by atoms with Crippen molar-refractivity contribution in [1.29, 1.82) is 0 Å². The highest BCUT2D eigenvalue weighted by Gasteiger charge is 2.03. The predicted molar refractivity (Wildman–Crippen MR) is 89.6 cm³/mol. The molecular formula is C18H22N2O2. The minimum atomic E-state index is -0.187. The van der Waals surface area contributed by atoms with Gasteiger partial charge in [0.15, 0.2) is 0 Å². The lowest BCUT2D eigenvalue weighted by molar-refractivity contribution is 0.252. The van der Waals surface area contributed by atoms with Crippen LogP contribution in [0, 0.1) is 13.8 Å². The third kappa shape index (κ3) is 4.81. The van der Waals surface area contributed by atoms with Crippen LogP contribution in [-0.4, -0.2) is 19.7 Å². The number of urea groups is 1. The highest BCUT2D eigenvalue weighted by atomic mass is 16.5. The van der Waals surface area contributed by atoms with Gasteiger partial charge in [-0.05, 0) is 61.2 Å². The van der Waals surface area contributed by atoms with Gasteiger partial charge in [-0.15, -0.1) is 0 Å². The minimum Gasteiger partial charge on any atom is -0.497 e. The van der Waals surface area contributed by atoms with Crippen LogP contribution in [0.25, 0.3) is 0 Å². The van der Waals surface area contributed by atoms with Crippen molar-refractivity contribution in [2.45, 2.75) is 20.3 Å². The second-order valence-corrected chi connectivity index (χ2v) is 5.36. The molecule has 0 heterocycles. The van der Waals surface area contributed by atoms with Crippen molar-refractivity contribution in [1.82, 2.24) is 5.32 Å². The number of aryl methyl sites for hydroxylation is 2. The van der Waals surface area contributed by atoms with Gasteiger partial charge in [-0.1, -0.05) is 18.2 Å². The van der Waals surface area contributed by atoms with E-state index in [-0.39, 0.29) is 6.03 Å². The quantitative estimate of drug-likeness (QED) is 0.884. The van der Waals surface area contributed by atoms with Crippen LogP contribution in [0.1, 0.15) is 16.7 Å². The lowest BCUT2D eigenvalue weighted by Gasteiger charge is -2.09. The van der Waals surface area contributed by atoms with Crippen molar-refractivity contribution < 1.29 is 9.53 Å². The molecule has 116 valence electrons. The third-order valence-electron chi connectivity index (χ3n) is 3.31. The molecule has 0 saturated heterocycles. The van der Waals surface area contributed by atoms with Gasteiger partial charge < -0.3 is 15.4 Å². The lowest BCUT2D eigenvalue weighted by Crippen LogP contribution is -2.30. The summed E-state index contributed by atoms with van der Waals surface area (Å²) in [4.78, 5) is 11.9. The molecule has 2 aromatic rings. The summed E-state index contributed by atoms with van der Waals surface area (Å²) in [6.07, 6.45) is 0.761. The van der Waals surface area contributed by atoms with Crippen LogP contribution in [0.3, 0.4) is 0 Å². The molecule has 0 atom stereocenters. The number of carbonyl (C=O) groups is 1. The van der Waals surface area contributed by atoms with Crippen LogP contribution in [0.5, 0.6) is 5.75 Å². The monoisotopic (exact) mass is 298 g/mol. The first-order valence-electron chi connectivity index (χ1n) is 7.33. The molecular weight excluding hydrogens is 276 g/mol. The van der Waals surface area contributed by atoms with Crippen LogP contribution in [0.4, 0.5) is 10.5 Å². The molecule has 2 N–H and O–H groups in total. The zero-order valence-electron chi connectivity index (χ0n) is 13.3. The first-order chi connectivity index (χ1) is 10.6. The number of ether oxygens (including phenoxy) is 1. The fraction of sp³-hybridized carbons (Fsp3) is 0.278. The van der Waals surface area contributed by atoms with Crippen LogP contribution < -0.4 is 15.4 Å². The van der Waals surface area contributed by atoms with Gasteiger partial charge in [0, 0.05) is 12.2 Å². The molecule has 0 unspecified atom stereocenters. The third-order valence-corrected chi connectivity index (χ3v) is 3.31. The number of rotatable bonds is 5. The number of amides is 2. The maximum absolute atomic E-state index is 11.9. The van der Waals surface area contributed by atoms with E-state index in [0.717, 1.165) is 34.5 Å². The molecule has 0 fully saturated rings. The number of methoxy groups -OCH3 is 1. The van der Waals surface area contributed by atoms with E-state index in [4.69, 9.17) is 4.74 Å². The van der Waals surface area contributed by atoms with Gasteiger partial charge in [0.25, 0.3) is 0 Å². The Balaban J connectivity index is 1.82. The van der Waals surface area contributed by atoms with Gasteiger partial charge in [-0.3, -0.25) is 0 Å². The summed E-state index contributed by atoms with van der Waals surface area (Å²) in [7, 11) is 1.65. The Morgan fingerprint density at radius 1 is 1.09 bits per heavy atom. The van der Waals surface area contributed by atoms with Crippen LogP contribution in [-0.2, 0) is 6.42 Å². The number of hydrogen-bond donors (Lipinski definition) is 2. The number of anilines is 1. The average molecular weight is 298 g/mol. The summed E-state index contributed by atoms with van der Waals surface area (Å²) in [6, 6.07) is 13.6. The molecule has 0 radical (unpaired) electrons. The first kappa shape index (κ1) is 15.9. The zero-order chi connectivity index (χ0) is 15.9. The summed E-state index contributed by atoms with van der Waals surface area (Å²) < 4.78 is 5.18. The normalized spacial score (nSPS) is 10.1. The molecule has 4 heteroatoms. The molecule has 22 heavy (non-hydrogen) atoms. The number of benzene rings is 2. The molecule has 2 aromatic carbocycles. The van der Waals surface area contributed by atoms with E-state index in [1.807, 2.05) is 50.2 Å². The smallest absolute Gasteiger partial charge is 0.319 e. The van der Waals surface area contributed by atoms with E-state index >= 15 is 0 Å². The summed E-state index contributed by atoms with van der Waals surface area (Å²) in [6.45, 7) is 4.60. The molecule has 0 spiro atoms. The van der Waals surface area contributed by atoms with Gasteiger partial charge in [-0.25, -0.2) is 4.79 Å². The number of hydrogen-bond acceptors (Lipinski definition) is 2. The lowest BCUT2D eigenvalue weighted by atomic mass is 10.1. The number of nitrogens with one attached hydrogen (secondary N) is 2. The van der Waals surface area contributed by atoms with Crippen LogP contribution in [0.2, 0.25) is 0 Å². The second kappa shape index (κ2) is 7.50. The van der Waals surface area contributed by atoms with E-state index in [0.29, 0.717) is 6.54 Å². The van der Waals surface area contributed by atoms with Crippen molar-refractivity contribution in [3.05, 3.63) is 59.2 Å². The predicted octanol–water partition coefficient (Wildman–Crippen LogP) is 3.68. The van der Waals surface area contributed by atoms with E-state index in [1.165, 1.54) is 0 Å². The van der Waals surface area contributed by atoms with Gasteiger partial charge in [-0.2, -0.15) is 0 Å². The van der Waals surface area contributed by atoms with Crippen molar-refractivity contribution in [3.8, 4) is 5.75 Å². The first-order valence-corrected chi connectivity index (χ1v) is 7.33. The molecule has 0 saturated carbocycles. The van der Waals surface area contributed by atoms with Gasteiger partial charge in [0.05, 0.1) is 7.11 Å². The molecule has 0 aliphatic rings. The summed E-state index contributed by atoms with van der Waals surface area (Å²) in [5.74, 6) is 0.831. The van der Waals surface area contributed by atoms with Crippen molar-refractivity contribution in [2.24, 2.45) is 0 Å². The molecule has 4 nitrogen and oxygen atoms in total. The fourth-order valence-corrected chi connectivity index (χ4v) is 2.37. The van der Waals surface area contributed by atoms with E-state index in [1.54, 1.807) is 7.11 Å². The highest BCUT2D eigenvalue weighted by Crippen LogP contribution is 2.14. The molecule has 0 aliphatic carbocycles. The van der Waals surface area contributed by atoms with E-state index in [9.17, 15) is 4.79 Å². The zero-order valence-corrected chi connectivity index (χ0v) is 13.3. The minimum absolute atomic E-state index is 0.187. The molecule has 0 bridgehead atoms. The maximum atomic E-state index is 11.9. The molecule has 2 amide bonds. The van der Waals surface area contributed by atoms with Crippen LogP contribution >= 0.6 is 0 Å². The van der Waals surface area contributed by atoms with Gasteiger partial charge >= 0.3 is 6.03 Å². The summed E-state index contributed by atoms with van der Waals surface area (Å²) in [5, 5.41) is 5.72. The van der Waals surface area contributed by atoms with E-state index in [2.05, 4.69) is 16.7 Å². The SMILES string of the molecule is COc1cccc(CCNC(=O)Nc2cc(C)cc(C)c2)c1. The largest absolute Gasteiger partial charge is 0.497 e. The van der Waals surface area contributed by atoms with Gasteiger partial charge in [0.1, 0.15) is 5.75 Å². The topological polar surface area (TPSA) is 50.4 Å². The van der Waals surface area contributed by atoms with Crippen LogP contribution in [0.15, 0.2) is 42.5 Å². The second-order valence-electron chi connectivity index (χ2n) is 5.36. The Hall–Kier alpha value is -2.49. The van der Waals surface area contributed by atoms with Crippen molar-refractivity contribution in [3.63, 3.8) is 0 Å². The van der Waals surface area contributed by atoms with E-state index < -0.39 is 0 Å². The Bertz CT molecular complexity index is 633. The molecule has 0 aromatic heterocycles. The summed E-state index contributed by atoms with van der Waals surface area (Å²) in [5.41, 5.74) is 4.21. The van der Waals surface area contributed by atoms with Crippen molar-refractivity contribution >= 4 is 11.7 Å². The Morgan fingerprint density at radius 2 is 1.82 bits per heavy atom. The van der Waals surface area contributed by atoms with Gasteiger partial charge in [0.2, 0.25) is 0 Å². The molecule has 0 aliphatic heterocycles. The van der Waals surface area contributed by atoms with Crippen molar-refractivity contribution in [2.75, 3.05) is 19.0 Å². The highest BCUT2D eigenvalue weighted by molar-refractivity contribution is 5.89. The Kier molecular flexibility index (Phi) is 5.42. The average Bonchev–Trinajstić information content (AvgIpc) is 2.46. The Morgan fingerprint density at radius 3 is 2.50 bits per heavy atom. The summed E-state index contributed by atoms with van der Waals surface area (Å²) >= 11 is 0.